The molecule has 112 valence electrons. The Morgan fingerprint density at radius 1 is 1.00 bits per heavy atom. The van der Waals surface area contributed by atoms with Crippen LogP contribution in [0.3, 0.4) is 0 Å². The van der Waals surface area contributed by atoms with Gasteiger partial charge >= 0.3 is 15.2 Å². The normalized spacial score (nSPS) is 13.8. The molecule has 0 aromatic carbocycles. The molecule has 0 atom stereocenters. The van der Waals surface area contributed by atoms with Crippen LogP contribution < -0.4 is 0 Å². The molecule has 0 unspecified atom stereocenters. The van der Waals surface area contributed by atoms with Crippen LogP contribution in [-0.2, 0) is 9.13 Å². The Hall–Kier alpha value is -0.220. The monoisotopic (exact) mass is 312 g/mol. The molecular formula is C11H22O6P2. The summed E-state index contributed by atoms with van der Waals surface area (Å²) in [6.07, 6.45) is 4.68. The second kappa shape index (κ2) is 7.53. The van der Waals surface area contributed by atoms with E-state index in [1.807, 2.05) is 19.9 Å². The third-order valence-corrected chi connectivity index (χ3v) is 6.32. The quantitative estimate of drug-likeness (QED) is 0.424. The molecular weight excluding hydrogens is 290 g/mol. The summed E-state index contributed by atoms with van der Waals surface area (Å²) in [7, 11) is -9.63. The van der Waals surface area contributed by atoms with Crippen LogP contribution in [0.25, 0.3) is 0 Å². The van der Waals surface area contributed by atoms with E-state index in [0.29, 0.717) is 6.42 Å². The lowest BCUT2D eigenvalue weighted by atomic mass is 10.1. The Labute approximate surface area is 113 Å². The highest BCUT2D eigenvalue weighted by atomic mass is 31.2. The van der Waals surface area contributed by atoms with E-state index in [1.54, 1.807) is 6.92 Å². The zero-order valence-electron chi connectivity index (χ0n) is 11.4. The van der Waals surface area contributed by atoms with Gasteiger partial charge in [-0.3, -0.25) is 9.13 Å². The minimum atomic E-state index is -4.81. The third kappa shape index (κ3) is 8.53. The molecule has 0 amide bonds. The Bertz CT molecular complexity index is 416. The topological polar surface area (TPSA) is 115 Å². The molecule has 0 bridgehead atoms. The summed E-state index contributed by atoms with van der Waals surface area (Å²) in [5, 5.41) is -1.95. The van der Waals surface area contributed by atoms with Gasteiger partial charge in [-0.15, -0.1) is 0 Å². The molecule has 0 saturated carbocycles. The fraction of sp³-hybridized carbons (Fsp3) is 0.636. The summed E-state index contributed by atoms with van der Waals surface area (Å²) in [6.45, 7) is 5.71. The second-order valence-electron chi connectivity index (χ2n) is 4.77. The molecule has 6 nitrogen and oxygen atoms in total. The van der Waals surface area contributed by atoms with Crippen LogP contribution in [0, 0.1) is 0 Å². The summed E-state index contributed by atoms with van der Waals surface area (Å²) >= 11 is 0. The summed E-state index contributed by atoms with van der Waals surface area (Å²) in [6, 6.07) is 0. The lowest BCUT2D eigenvalue weighted by molar-refractivity contribution is 0.338. The van der Waals surface area contributed by atoms with Gasteiger partial charge in [-0.05, 0) is 40.0 Å². The van der Waals surface area contributed by atoms with Gasteiger partial charge in [0.1, 0.15) is 0 Å². The predicted octanol–water partition coefficient (Wildman–Crippen LogP) is 2.75. The first-order valence-corrected chi connectivity index (χ1v) is 9.20. The third-order valence-electron chi connectivity index (χ3n) is 2.54. The summed E-state index contributed by atoms with van der Waals surface area (Å²) in [4.78, 5) is 35.8. The van der Waals surface area contributed by atoms with Gasteiger partial charge in [0.15, 0.2) is 5.40 Å². The van der Waals surface area contributed by atoms with E-state index in [2.05, 4.69) is 0 Å². The predicted molar refractivity (Wildman–Crippen MR) is 74.9 cm³/mol. The van der Waals surface area contributed by atoms with E-state index in [0.717, 1.165) is 12.0 Å². The van der Waals surface area contributed by atoms with Crippen molar-refractivity contribution in [3.05, 3.63) is 23.3 Å². The van der Waals surface area contributed by atoms with E-state index in [-0.39, 0.29) is 6.42 Å². The van der Waals surface area contributed by atoms with Gasteiger partial charge in [0, 0.05) is 0 Å². The maximum Gasteiger partial charge on any atom is 0.341 e. The molecule has 0 aliphatic rings. The Kier molecular flexibility index (Phi) is 7.45. The maximum atomic E-state index is 11.1. The van der Waals surface area contributed by atoms with Crippen LogP contribution in [0.2, 0.25) is 0 Å². The summed E-state index contributed by atoms with van der Waals surface area (Å²) < 4.78 is 22.1. The molecule has 0 aliphatic heterocycles. The maximum absolute atomic E-state index is 11.1. The molecule has 0 saturated heterocycles. The van der Waals surface area contributed by atoms with E-state index in [1.165, 1.54) is 11.6 Å². The molecule has 0 aliphatic carbocycles. The summed E-state index contributed by atoms with van der Waals surface area (Å²) in [5.74, 6) is 0. The highest BCUT2D eigenvalue weighted by molar-refractivity contribution is 7.70. The highest BCUT2D eigenvalue weighted by Crippen LogP contribution is 2.61. The van der Waals surface area contributed by atoms with Crippen molar-refractivity contribution in [2.24, 2.45) is 0 Å². The fourth-order valence-electron chi connectivity index (χ4n) is 1.47. The van der Waals surface area contributed by atoms with Crippen LogP contribution in [0.5, 0.6) is 0 Å². The fourth-order valence-corrected chi connectivity index (χ4v) is 3.80. The van der Waals surface area contributed by atoms with Crippen molar-refractivity contribution in [1.82, 2.24) is 0 Å². The average Bonchev–Trinajstić information content (AvgIpc) is 2.12. The number of hydrogen-bond acceptors (Lipinski definition) is 2. The number of allylic oxidation sites excluding steroid dienone is 4. The van der Waals surface area contributed by atoms with Crippen molar-refractivity contribution < 1.29 is 28.7 Å². The molecule has 8 heteroatoms. The zero-order valence-corrected chi connectivity index (χ0v) is 13.1. The largest absolute Gasteiger partial charge is 0.341 e. The molecule has 0 heterocycles. The molecule has 0 spiro atoms. The van der Waals surface area contributed by atoms with Crippen LogP contribution in [-0.4, -0.2) is 25.0 Å². The minimum absolute atomic E-state index is 0.324. The second-order valence-corrected chi connectivity index (χ2v) is 8.78. The van der Waals surface area contributed by atoms with Crippen LogP contribution in [0.15, 0.2) is 23.3 Å². The van der Waals surface area contributed by atoms with E-state index in [4.69, 9.17) is 19.6 Å². The van der Waals surface area contributed by atoms with Gasteiger partial charge in [-0.25, -0.2) is 0 Å². The molecule has 0 aromatic rings. The highest BCUT2D eigenvalue weighted by Gasteiger charge is 2.42. The standard InChI is InChI=1S/C11H22O6P2/c1-9(2)5-4-6-10(3)7-8-11(18(12,13)14)19(15,16)17/h5,7,11H,4,6,8H2,1-3H3,(H2,12,13,14)(H2,15,16,17)/b10-7+. The average molecular weight is 312 g/mol. The van der Waals surface area contributed by atoms with Crippen LogP contribution in [0.4, 0.5) is 0 Å². The molecule has 19 heavy (non-hydrogen) atoms. The van der Waals surface area contributed by atoms with Gasteiger partial charge in [0.2, 0.25) is 0 Å². The zero-order chi connectivity index (χ0) is 15.3. The number of rotatable bonds is 7. The Morgan fingerprint density at radius 2 is 1.47 bits per heavy atom. The minimum Gasteiger partial charge on any atom is -0.324 e. The molecule has 0 aromatic heterocycles. The van der Waals surface area contributed by atoms with Crippen molar-refractivity contribution in [2.45, 2.75) is 45.4 Å². The lowest BCUT2D eigenvalue weighted by Gasteiger charge is -2.18. The van der Waals surface area contributed by atoms with Crippen molar-refractivity contribution in [2.75, 3.05) is 0 Å². The van der Waals surface area contributed by atoms with Crippen molar-refractivity contribution in [3.8, 4) is 0 Å². The number of hydrogen-bond donors (Lipinski definition) is 4. The van der Waals surface area contributed by atoms with Crippen molar-refractivity contribution >= 4 is 15.2 Å². The first-order chi connectivity index (χ1) is 8.44. The van der Waals surface area contributed by atoms with Gasteiger partial charge < -0.3 is 19.6 Å². The van der Waals surface area contributed by atoms with Gasteiger partial charge in [-0.1, -0.05) is 23.3 Å². The molecule has 0 fully saturated rings. The van der Waals surface area contributed by atoms with E-state index >= 15 is 0 Å². The van der Waals surface area contributed by atoms with E-state index < -0.39 is 20.6 Å². The SMILES string of the molecule is CC(C)=CCC/C(C)=C/CC(P(=O)(O)O)P(=O)(O)O. The van der Waals surface area contributed by atoms with Gasteiger partial charge in [0.05, 0.1) is 0 Å². The smallest absolute Gasteiger partial charge is 0.324 e. The Balaban J connectivity index is 4.68. The first-order valence-electron chi connectivity index (χ1n) is 5.84. The van der Waals surface area contributed by atoms with Gasteiger partial charge in [0.25, 0.3) is 0 Å². The first kappa shape index (κ1) is 18.8. The van der Waals surface area contributed by atoms with Crippen molar-refractivity contribution in [1.29, 1.82) is 0 Å². The van der Waals surface area contributed by atoms with Gasteiger partial charge in [-0.2, -0.15) is 0 Å². The van der Waals surface area contributed by atoms with Crippen LogP contribution in [0.1, 0.15) is 40.0 Å². The Morgan fingerprint density at radius 3 is 1.84 bits per heavy atom. The van der Waals surface area contributed by atoms with E-state index in [9.17, 15) is 9.13 Å². The molecule has 0 radical (unpaired) electrons. The lowest BCUT2D eigenvalue weighted by Crippen LogP contribution is -2.08. The van der Waals surface area contributed by atoms with Crippen LogP contribution >= 0.6 is 15.2 Å². The van der Waals surface area contributed by atoms with Crippen molar-refractivity contribution in [3.63, 3.8) is 0 Å². The molecule has 4 N–H and O–H groups in total. The summed E-state index contributed by atoms with van der Waals surface area (Å²) in [5.41, 5.74) is 2.03. The molecule has 0 rings (SSSR count).